The molecule has 3 amide bonds. The molecule has 0 spiro atoms. The van der Waals surface area contributed by atoms with Crippen molar-refractivity contribution in [2.45, 2.75) is 74.2 Å². The van der Waals surface area contributed by atoms with Crippen molar-refractivity contribution in [1.29, 1.82) is 0 Å². The van der Waals surface area contributed by atoms with Crippen LogP contribution in [0.15, 0.2) is 36.4 Å². The summed E-state index contributed by atoms with van der Waals surface area (Å²) < 4.78 is 76.8. The number of benzene rings is 2. The summed E-state index contributed by atoms with van der Waals surface area (Å²) in [6.45, 7) is 8.58. The number of hydrogen-bond acceptors (Lipinski definition) is 8. The summed E-state index contributed by atoms with van der Waals surface area (Å²) in [4.78, 5) is 45.1. The maximum atomic E-state index is 13.3. The van der Waals surface area contributed by atoms with E-state index in [2.05, 4.69) is 11.6 Å². The Hall–Kier alpha value is -3.43. The fraction of sp³-hybridized carbons (Fsp3) is 0.407. The van der Waals surface area contributed by atoms with Gasteiger partial charge in [0.15, 0.2) is 0 Å². The van der Waals surface area contributed by atoms with Crippen molar-refractivity contribution in [2.75, 3.05) is 4.31 Å². The first-order valence-electron chi connectivity index (χ1n) is 11.9. The van der Waals surface area contributed by atoms with Crippen LogP contribution in [0.5, 0.6) is 0 Å². The summed E-state index contributed by atoms with van der Waals surface area (Å²) in [6.07, 6.45) is 0. The minimum atomic E-state index is -4.29. The Kier molecular flexibility index (Phi) is 13.7. The largest absolute Gasteiger partial charge is 0.335 e. The lowest BCUT2D eigenvalue weighted by atomic mass is 10.1. The molecule has 2 aromatic carbocycles. The molecular weight excluding hydrogens is 632 g/mol. The highest BCUT2D eigenvalue weighted by atomic mass is 35.5. The van der Waals surface area contributed by atoms with E-state index >= 15 is 0 Å². The molecule has 4 rings (SSSR count). The Labute approximate surface area is 256 Å². The third-order valence-corrected chi connectivity index (χ3v) is 9.31. The molecule has 0 radical (unpaired) electrons. The minimum absolute atomic E-state index is 0. The van der Waals surface area contributed by atoms with Crippen LogP contribution in [0.1, 0.15) is 82.7 Å². The Morgan fingerprint density at radius 1 is 0.791 bits per heavy atom. The minimum Gasteiger partial charge on any atom is -0.282 e. The Morgan fingerprint density at radius 3 is 1.65 bits per heavy atom. The number of fused-ring (bicyclic) bond motifs is 2. The Bertz CT molecular complexity index is 1610. The highest BCUT2D eigenvalue weighted by Gasteiger charge is 2.45. The van der Waals surface area contributed by atoms with Gasteiger partial charge >= 0.3 is 10.2 Å². The predicted molar refractivity (Wildman–Crippen MR) is 160 cm³/mol. The quantitative estimate of drug-likeness (QED) is 0.413. The fourth-order valence-corrected chi connectivity index (χ4v) is 7.59. The summed E-state index contributed by atoms with van der Waals surface area (Å²) in [6, 6.07) is 5.47. The molecule has 0 fully saturated rings. The lowest BCUT2D eigenvalue weighted by Gasteiger charge is -2.37. The molecule has 11 nitrogen and oxygen atoms in total. The first-order valence-corrected chi connectivity index (χ1v) is 15.3. The van der Waals surface area contributed by atoms with E-state index in [0.717, 1.165) is 41.6 Å². The van der Waals surface area contributed by atoms with Gasteiger partial charge in [-0.05, 0) is 75.2 Å². The second-order valence-electron chi connectivity index (χ2n) is 9.37. The van der Waals surface area contributed by atoms with Crippen LogP contribution in [0.25, 0.3) is 0 Å². The average Bonchev–Trinajstić information content (AvgIpc) is 2.78. The van der Waals surface area contributed by atoms with Gasteiger partial charge in [0.05, 0.1) is 17.0 Å². The van der Waals surface area contributed by atoms with Crippen LogP contribution in [0, 0.1) is 11.6 Å². The lowest BCUT2D eigenvalue weighted by molar-refractivity contribution is -0.115. The van der Waals surface area contributed by atoms with Crippen LogP contribution in [-0.2, 0) is 35.6 Å². The zero-order valence-electron chi connectivity index (χ0n) is 22.9. The van der Waals surface area contributed by atoms with E-state index in [4.69, 9.17) is 0 Å². The molecule has 2 aromatic rings. The van der Waals surface area contributed by atoms with E-state index in [1.165, 1.54) is 26.8 Å². The van der Waals surface area contributed by atoms with E-state index in [1.807, 2.05) is 0 Å². The molecule has 0 saturated carbocycles. The number of carbonyl (C=O) groups is 4. The maximum Gasteiger partial charge on any atom is 0.335 e. The van der Waals surface area contributed by atoms with Gasteiger partial charge in [-0.25, -0.2) is 25.8 Å². The number of halogens is 3. The third kappa shape index (κ3) is 8.57. The summed E-state index contributed by atoms with van der Waals surface area (Å²) in [5.74, 6) is -3.74. The Balaban J connectivity index is 0.000000707. The maximum absolute atomic E-state index is 13.3. The zero-order chi connectivity index (χ0) is 31.6. The molecular formula is C27H36ClF2N3O8S2. The molecule has 16 heteroatoms. The monoisotopic (exact) mass is 667 g/mol. The summed E-state index contributed by atoms with van der Waals surface area (Å²) in [7, 11) is -7.93. The van der Waals surface area contributed by atoms with E-state index in [0.29, 0.717) is 14.2 Å². The van der Waals surface area contributed by atoms with Crippen molar-refractivity contribution in [3.63, 3.8) is 0 Å². The lowest BCUT2D eigenvalue weighted by Crippen LogP contribution is -2.55. The van der Waals surface area contributed by atoms with Crippen LogP contribution in [-0.4, -0.2) is 60.5 Å². The van der Waals surface area contributed by atoms with Gasteiger partial charge in [0.25, 0.3) is 11.8 Å². The molecule has 0 N–H and O–H groups in total. The second kappa shape index (κ2) is 14.8. The molecule has 2 aliphatic heterocycles. The molecule has 0 saturated heterocycles. The number of rotatable bonds is 2. The molecule has 240 valence electrons. The van der Waals surface area contributed by atoms with Crippen molar-refractivity contribution < 1.29 is 44.8 Å². The van der Waals surface area contributed by atoms with Gasteiger partial charge in [-0.2, -0.15) is 12.7 Å². The van der Waals surface area contributed by atoms with Gasteiger partial charge in [-0.15, -0.1) is 0 Å². The van der Waals surface area contributed by atoms with E-state index in [1.54, 1.807) is 13.8 Å². The number of carbonyl (C=O) groups excluding carboxylic acids is 4. The highest BCUT2D eigenvalue weighted by Crippen LogP contribution is 2.34. The van der Waals surface area contributed by atoms with Crippen LogP contribution >= 0.6 is 11.6 Å². The second-order valence-corrected chi connectivity index (χ2v) is 13.4. The number of hydrogen-bond donors (Lipinski definition) is 0. The van der Waals surface area contributed by atoms with Gasteiger partial charge in [-0.3, -0.25) is 19.2 Å². The SMILES string of the molecule is C.C.CC(=O)Cl.CC(=O)N1c2ccc(F)cc2C(=O)N(C(C)C)S1(=O)=O.CC(C)N1C(=O)c2cc(F)ccc2CS1(=O)=O. The zero-order valence-corrected chi connectivity index (χ0v) is 25.3. The smallest absolute Gasteiger partial charge is 0.282 e. The third-order valence-electron chi connectivity index (χ3n) is 5.45. The highest BCUT2D eigenvalue weighted by molar-refractivity contribution is 7.92. The van der Waals surface area contributed by atoms with Gasteiger partial charge in [0, 0.05) is 31.5 Å². The average molecular weight is 668 g/mol. The van der Waals surface area contributed by atoms with Gasteiger partial charge in [0.2, 0.25) is 21.2 Å². The van der Waals surface area contributed by atoms with Crippen LogP contribution in [0.3, 0.4) is 0 Å². The summed E-state index contributed by atoms with van der Waals surface area (Å²) in [5, 5.41) is -0.361. The molecule has 0 unspecified atom stereocenters. The summed E-state index contributed by atoms with van der Waals surface area (Å²) in [5.41, 5.74) is 0.214. The number of nitrogens with zero attached hydrogens (tertiary/aromatic N) is 3. The van der Waals surface area contributed by atoms with Crippen LogP contribution in [0.4, 0.5) is 14.5 Å². The van der Waals surface area contributed by atoms with E-state index < -0.39 is 61.7 Å². The molecule has 43 heavy (non-hydrogen) atoms. The standard InChI is InChI=1S/C12H13FN2O4S.C11H12FNO3S.C2H3ClO.2CH4/c1-7(2)14-12(17)10-6-9(13)4-5-11(10)15(8(3)16)20(14,18)19;1-7(2)13-11(14)10-5-9(12)4-3-8(10)6-17(13,15)16;1-2(3)4;;/h4-7H,1-3H3;3-5,7H,6H2,1-2H3;1H3;2*1H4. The molecule has 2 heterocycles. The molecule has 0 aliphatic carbocycles. The van der Waals surface area contributed by atoms with Crippen molar-refractivity contribution in [1.82, 2.24) is 8.61 Å². The molecule has 0 atom stereocenters. The van der Waals surface area contributed by atoms with Crippen LogP contribution in [0.2, 0.25) is 0 Å². The Morgan fingerprint density at radius 2 is 1.21 bits per heavy atom. The van der Waals surface area contributed by atoms with Gasteiger partial charge in [-0.1, -0.05) is 20.9 Å². The van der Waals surface area contributed by atoms with Crippen molar-refractivity contribution in [3.05, 3.63) is 64.7 Å². The van der Waals surface area contributed by atoms with E-state index in [9.17, 15) is 44.8 Å². The summed E-state index contributed by atoms with van der Waals surface area (Å²) >= 11 is 4.64. The normalized spacial score (nSPS) is 15.9. The molecule has 0 bridgehead atoms. The predicted octanol–water partition coefficient (Wildman–Crippen LogP) is 4.85. The number of sulfonamides is 1. The number of anilines is 1. The number of amides is 3. The first-order chi connectivity index (χ1) is 18.7. The van der Waals surface area contributed by atoms with Crippen molar-refractivity contribution >= 4 is 60.5 Å². The van der Waals surface area contributed by atoms with E-state index in [-0.39, 0.29) is 42.7 Å². The molecule has 2 aliphatic rings. The van der Waals surface area contributed by atoms with Crippen molar-refractivity contribution in [3.8, 4) is 0 Å². The van der Waals surface area contributed by atoms with Gasteiger partial charge < -0.3 is 0 Å². The van der Waals surface area contributed by atoms with Gasteiger partial charge in [0.1, 0.15) is 11.6 Å². The van der Waals surface area contributed by atoms with Crippen molar-refractivity contribution in [2.24, 2.45) is 0 Å². The van der Waals surface area contributed by atoms with Crippen LogP contribution < -0.4 is 4.31 Å². The topological polar surface area (TPSA) is 146 Å². The fourth-order valence-electron chi connectivity index (χ4n) is 4.07. The molecule has 0 aromatic heterocycles. The first kappa shape index (κ1) is 39.6.